The fourth-order valence-corrected chi connectivity index (χ4v) is 3.59. The van der Waals surface area contributed by atoms with Gasteiger partial charge < -0.3 is 19.5 Å². The van der Waals surface area contributed by atoms with Gasteiger partial charge in [0.25, 0.3) is 5.91 Å². The standard InChI is InChI=1S/C23H22N2O4/c1-27-19-13-16(14-20(28-2)21(19)29-3)22-24-17-11-7-8-12-18(17)25(22)23(26)15-9-5-4-6-10-15/h4-14,22,24H,1-3H3. The quantitative estimate of drug-likeness (QED) is 0.696. The molecule has 0 radical (unpaired) electrons. The highest BCUT2D eigenvalue weighted by atomic mass is 16.5. The zero-order valence-electron chi connectivity index (χ0n) is 16.5. The molecule has 6 nitrogen and oxygen atoms in total. The summed E-state index contributed by atoms with van der Waals surface area (Å²) in [5, 5.41) is 3.44. The Morgan fingerprint density at radius 2 is 1.48 bits per heavy atom. The van der Waals surface area contributed by atoms with Gasteiger partial charge in [-0.1, -0.05) is 30.3 Å². The molecule has 1 aliphatic heterocycles. The second-order valence-electron chi connectivity index (χ2n) is 6.56. The van der Waals surface area contributed by atoms with E-state index in [9.17, 15) is 4.79 Å². The molecule has 0 aromatic heterocycles. The van der Waals surface area contributed by atoms with Gasteiger partial charge in [-0.15, -0.1) is 0 Å². The lowest BCUT2D eigenvalue weighted by Gasteiger charge is -2.26. The Morgan fingerprint density at radius 1 is 0.862 bits per heavy atom. The number of nitrogens with one attached hydrogen (secondary N) is 1. The first-order valence-electron chi connectivity index (χ1n) is 9.22. The van der Waals surface area contributed by atoms with Crippen molar-refractivity contribution in [2.75, 3.05) is 31.5 Å². The summed E-state index contributed by atoms with van der Waals surface area (Å²) in [6.07, 6.45) is -0.422. The van der Waals surface area contributed by atoms with Crippen molar-refractivity contribution in [1.29, 1.82) is 0 Å². The van der Waals surface area contributed by atoms with Crippen LogP contribution in [0.5, 0.6) is 17.2 Å². The number of carbonyl (C=O) groups is 1. The van der Waals surface area contributed by atoms with Crippen LogP contribution in [-0.2, 0) is 0 Å². The highest BCUT2D eigenvalue weighted by Gasteiger charge is 2.36. The Kier molecular flexibility index (Phi) is 4.99. The molecule has 1 aliphatic rings. The van der Waals surface area contributed by atoms with Crippen LogP contribution >= 0.6 is 0 Å². The van der Waals surface area contributed by atoms with E-state index in [0.29, 0.717) is 22.8 Å². The first kappa shape index (κ1) is 18.7. The van der Waals surface area contributed by atoms with Crippen LogP contribution in [0.4, 0.5) is 11.4 Å². The number of hydrogen-bond donors (Lipinski definition) is 1. The van der Waals surface area contributed by atoms with Crippen molar-refractivity contribution < 1.29 is 19.0 Å². The second kappa shape index (κ2) is 7.75. The maximum atomic E-state index is 13.4. The fraction of sp³-hybridized carbons (Fsp3) is 0.174. The average molecular weight is 390 g/mol. The minimum Gasteiger partial charge on any atom is -0.493 e. The van der Waals surface area contributed by atoms with Crippen molar-refractivity contribution in [1.82, 2.24) is 0 Å². The molecular formula is C23H22N2O4. The van der Waals surface area contributed by atoms with Crippen LogP contribution < -0.4 is 24.4 Å². The van der Waals surface area contributed by atoms with E-state index in [1.165, 1.54) is 0 Å². The van der Waals surface area contributed by atoms with E-state index >= 15 is 0 Å². The molecule has 0 spiro atoms. The highest BCUT2D eigenvalue weighted by Crippen LogP contribution is 2.46. The number of anilines is 2. The SMILES string of the molecule is COc1cc(C2Nc3ccccc3N2C(=O)c2ccccc2)cc(OC)c1OC. The van der Waals surface area contributed by atoms with Crippen molar-refractivity contribution in [2.24, 2.45) is 0 Å². The summed E-state index contributed by atoms with van der Waals surface area (Å²) in [7, 11) is 4.71. The van der Waals surface area contributed by atoms with Crippen LogP contribution in [0.25, 0.3) is 0 Å². The molecule has 0 saturated heterocycles. The Labute approximate surface area is 169 Å². The largest absolute Gasteiger partial charge is 0.493 e. The molecule has 0 fully saturated rings. The van der Waals surface area contributed by atoms with Gasteiger partial charge in [0.15, 0.2) is 11.5 Å². The third-order valence-corrected chi connectivity index (χ3v) is 4.96. The molecule has 3 aromatic carbocycles. The van der Waals surface area contributed by atoms with Gasteiger partial charge in [0, 0.05) is 11.1 Å². The number of nitrogens with zero attached hydrogens (tertiary/aromatic N) is 1. The third kappa shape index (κ3) is 3.23. The Balaban J connectivity index is 1.83. The molecule has 4 rings (SSSR count). The van der Waals surface area contributed by atoms with E-state index in [2.05, 4.69) is 5.32 Å². The van der Waals surface area contributed by atoms with Crippen LogP contribution in [0.15, 0.2) is 66.7 Å². The van der Waals surface area contributed by atoms with Crippen LogP contribution in [-0.4, -0.2) is 27.2 Å². The summed E-state index contributed by atoms with van der Waals surface area (Å²) >= 11 is 0. The number of amides is 1. The third-order valence-electron chi connectivity index (χ3n) is 4.96. The zero-order valence-corrected chi connectivity index (χ0v) is 16.5. The van der Waals surface area contributed by atoms with Gasteiger partial charge in [-0.2, -0.15) is 0 Å². The Morgan fingerprint density at radius 3 is 2.10 bits per heavy atom. The number of benzene rings is 3. The average Bonchev–Trinajstić information content (AvgIpc) is 3.17. The highest BCUT2D eigenvalue weighted by molar-refractivity contribution is 6.10. The molecule has 1 N–H and O–H groups in total. The predicted octanol–water partition coefficient (Wildman–Crippen LogP) is 4.48. The van der Waals surface area contributed by atoms with Gasteiger partial charge in [0.05, 0.1) is 32.7 Å². The van der Waals surface area contributed by atoms with Gasteiger partial charge in [-0.25, -0.2) is 0 Å². The summed E-state index contributed by atoms with van der Waals surface area (Å²) in [4.78, 5) is 15.2. The second-order valence-corrected chi connectivity index (χ2v) is 6.56. The van der Waals surface area contributed by atoms with Crippen LogP contribution in [0.3, 0.4) is 0 Å². The Bertz CT molecular complexity index is 1010. The number of ether oxygens (including phenoxy) is 3. The van der Waals surface area contributed by atoms with Crippen molar-refractivity contribution in [2.45, 2.75) is 6.17 Å². The fourth-order valence-electron chi connectivity index (χ4n) is 3.59. The van der Waals surface area contributed by atoms with Gasteiger partial charge >= 0.3 is 0 Å². The molecule has 0 bridgehead atoms. The molecule has 6 heteroatoms. The van der Waals surface area contributed by atoms with Crippen molar-refractivity contribution >= 4 is 17.3 Å². The lowest BCUT2D eigenvalue weighted by Crippen LogP contribution is -2.34. The number of hydrogen-bond acceptors (Lipinski definition) is 5. The van der Waals surface area contributed by atoms with Crippen molar-refractivity contribution in [3.05, 3.63) is 77.9 Å². The maximum absolute atomic E-state index is 13.4. The lowest BCUT2D eigenvalue weighted by molar-refractivity contribution is 0.0981. The normalized spacial score (nSPS) is 14.7. The maximum Gasteiger partial charge on any atom is 0.260 e. The zero-order chi connectivity index (χ0) is 20.4. The smallest absolute Gasteiger partial charge is 0.260 e. The van der Waals surface area contributed by atoms with Gasteiger partial charge in [0.2, 0.25) is 5.75 Å². The van der Waals surface area contributed by atoms with E-state index in [0.717, 1.165) is 16.9 Å². The van der Waals surface area contributed by atoms with E-state index in [4.69, 9.17) is 14.2 Å². The van der Waals surface area contributed by atoms with E-state index in [1.54, 1.807) is 26.2 Å². The summed E-state index contributed by atoms with van der Waals surface area (Å²) in [6.45, 7) is 0. The number of fused-ring (bicyclic) bond motifs is 1. The van der Waals surface area contributed by atoms with Crippen LogP contribution in [0, 0.1) is 0 Å². The molecule has 0 saturated carbocycles. The molecule has 3 aromatic rings. The van der Waals surface area contributed by atoms with E-state index in [-0.39, 0.29) is 5.91 Å². The molecule has 29 heavy (non-hydrogen) atoms. The number of methoxy groups -OCH3 is 3. The minimum atomic E-state index is -0.422. The van der Waals surface area contributed by atoms with Crippen molar-refractivity contribution in [3.8, 4) is 17.2 Å². The molecule has 148 valence electrons. The topological polar surface area (TPSA) is 60.0 Å². The molecule has 1 heterocycles. The number of rotatable bonds is 5. The summed E-state index contributed by atoms with van der Waals surface area (Å²) in [5.74, 6) is 1.48. The van der Waals surface area contributed by atoms with Crippen LogP contribution in [0.1, 0.15) is 22.1 Å². The summed E-state index contributed by atoms with van der Waals surface area (Å²) in [6, 6.07) is 20.7. The molecule has 1 amide bonds. The summed E-state index contributed by atoms with van der Waals surface area (Å²) < 4.78 is 16.4. The molecule has 1 unspecified atom stereocenters. The molecular weight excluding hydrogens is 368 g/mol. The van der Waals surface area contributed by atoms with Gasteiger partial charge in [-0.05, 0) is 36.4 Å². The predicted molar refractivity (Wildman–Crippen MR) is 112 cm³/mol. The van der Waals surface area contributed by atoms with Crippen molar-refractivity contribution in [3.63, 3.8) is 0 Å². The minimum absolute atomic E-state index is 0.0956. The first-order chi connectivity index (χ1) is 14.2. The lowest BCUT2D eigenvalue weighted by atomic mass is 10.1. The number of para-hydroxylation sites is 2. The van der Waals surface area contributed by atoms with E-state index < -0.39 is 6.17 Å². The summed E-state index contributed by atoms with van der Waals surface area (Å²) in [5.41, 5.74) is 3.14. The Hall–Kier alpha value is -3.67. The van der Waals surface area contributed by atoms with E-state index in [1.807, 2.05) is 66.7 Å². The van der Waals surface area contributed by atoms with Crippen LogP contribution in [0.2, 0.25) is 0 Å². The monoisotopic (exact) mass is 390 g/mol. The van der Waals surface area contributed by atoms with Gasteiger partial charge in [-0.3, -0.25) is 9.69 Å². The molecule has 1 atom stereocenters. The van der Waals surface area contributed by atoms with Gasteiger partial charge in [0.1, 0.15) is 6.17 Å². The first-order valence-corrected chi connectivity index (χ1v) is 9.22. The number of carbonyl (C=O) groups excluding carboxylic acids is 1. The molecule has 0 aliphatic carbocycles.